The third-order valence-electron chi connectivity index (χ3n) is 5.01. The molecule has 0 atom stereocenters. The number of hydrogen-bond acceptors (Lipinski definition) is 4. The third-order valence-corrected chi connectivity index (χ3v) is 12.2. The normalized spacial score (nSPS) is 12.0. The van der Waals surface area contributed by atoms with E-state index in [1.165, 1.54) is 67.8 Å². The van der Waals surface area contributed by atoms with Crippen LogP contribution in [0.3, 0.4) is 0 Å². The Morgan fingerprint density at radius 3 is 2.23 bits per heavy atom. The van der Waals surface area contributed by atoms with Gasteiger partial charge in [-0.15, -0.1) is 0 Å². The van der Waals surface area contributed by atoms with Gasteiger partial charge in [-0.2, -0.15) is 0 Å². The molecule has 0 aromatic carbocycles. The van der Waals surface area contributed by atoms with Gasteiger partial charge in [0.15, 0.2) is 0 Å². The van der Waals surface area contributed by atoms with Crippen LogP contribution in [0.25, 0.3) is 4.83 Å². The second-order valence-electron chi connectivity index (χ2n) is 7.11. The van der Waals surface area contributed by atoms with Crippen LogP contribution in [0.1, 0.15) is 89.0 Å². The molecule has 2 aromatic heterocycles. The van der Waals surface area contributed by atoms with Gasteiger partial charge < -0.3 is 0 Å². The van der Waals surface area contributed by atoms with Gasteiger partial charge in [0, 0.05) is 0 Å². The second-order valence-corrected chi connectivity index (χ2v) is 14.5. The number of rotatable bonds is 12. The van der Waals surface area contributed by atoms with Gasteiger partial charge in [0.05, 0.1) is 0 Å². The molecule has 0 unspecified atom stereocenters. The van der Waals surface area contributed by atoms with E-state index in [4.69, 9.17) is 4.74 Å². The zero-order chi connectivity index (χ0) is 19.0. The SMILES string of the molecule is CCCC[C](CCCC)(CCCC)[Sn][c]1cn2cnc(C(=O)OC)c2s1. The van der Waals surface area contributed by atoms with E-state index in [0.717, 1.165) is 4.83 Å². The predicted molar refractivity (Wildman–Crippen MR) is 111 cm³/mol. The van der Waals surface area contributed by atoms with Crippen LogP contribution in [0.4, 0.5) is 0 Å². The number of imidazole rings is 1. The van der Waals surface area contributed by atoms with Crippen molar-refractivity contribution in [1.82, 2.24) is 9.38 Å². The Bertz CT molecular complexity index is 673. The van der Waals surface area contributed by atoms with Crippen LogP contribution >= 0.6 is 11.3 Å². The quantitative estimate of drug-likeness (QED) is 0.307. The minimum atomic E-state index is -0.768. The van der Waals surface area contributed by atoms with Crippen molar-refractivity contribution < 1.29 is 9.53 Å². The Labute approximate surface area is 172 Å². The summed E-state index contributed by atoms with van der Waals surface area (Å²) in [6.45, 7) is 6.91. The van der Waals surface area contributed by atoms with Crippen molar-refractivity contribution in [2.45, 2.75) is 82.0 Å². The second kappa shape index (κ2) is 10.7. The van der Waals surface area contributed by atoms with Crippen LogP contribution < -0.4 is 2.89 Å². The van der Waals surface area contributed by atoms with E-state index in [1.54, 1.807) is 17.7 Å². The molecule has 0 saturated heterocycles. The molecule has 6 heteroatoms. The van der Waals surface area contributed by atoms with Gasteiger partial charge in [-0.3, -0.25) is 0 Å². The van der Waals surface area contributed by atoms with Gasteiger partial charge in [-0.05, 0) is 0 Å². The average molecular weight is 483 g/mol. The average Bonchev–Trinajstić information content (AvgIpc) is 3.22. The molecule has 0 spiro atoms. The van der Waals surface area contributed by atoms with Crippen molar-refractivity contribution in [3.05, 3.63) is 18.2 Å². The number of carbonyl (C=O) groups is 1. The Hall–Kier alpha value is -0.561. The fourth-order valence-electron chi connectivity index (χ4n) is 3.46. The zero-order valence-corrected chi connectivity index (χ0v) is 20.3. The molecule has 2 radical (unpaired) electrons. The first kappa shape index (κ1) is 21.7. The molecule has 0 fully saturated rings. The summed E-state index contributed by atoms with van der Waals surface area (Å²) in [4.78, 5) is 17.1. The molecule has 2 heterocycles. The standard InChI is InChI=1S/C13H27.C7H5N2O2S.Sn/c1-4-7-10-13(11-8-5-2)12-9-6-3;1-11-7(10)5-6-9(4-8-5)2-3-12-6;/h4-12H2,1-3H3;2,4H,1H3;. The van der Waals surface area contributed by atoms with Gasteiger partial charge in [0.1, 0.15) is 0 Å². The van der Waals surface area contributed by atoms with Gasteiger partial charge in [-0.25, -0.2) is 0 Å². The number of carbonyl (C=O) groups excluding carboxylic acids is 1. The molecule has 0 saturated carbocycles. The van der Waals surface area contributed by atoms with Gasteiger partial charge >= 0.3 is 172 Å². The van der Waals surface area contributed by atoms with E-state index in [2.05, 4.69) is 32.0 Å². The molecule has 144 valence electrons. The molecular weight excluding hydrogens is 451 g/mol. The number of ether oxygens (including phenoxy) is 1. The van der Waals surface area contributed by atoms with Crippen LogP contribution in [-0.4, -0.2) is 43.6 Å². The molecule has 4 nitrogen and oxygen atoms in total. The van der Waals surface area contributed by atoms with Crippen LogP contribution in [0.2, 0.25) is 3.43 Å². The van der Waals surface area contributed by atoms with Crippen molar-refractivity contribution >= 4 is 46.2 Å². The number of hydrogen-bond donors (Lipinski definition) is 0. The molecule has 0 amide bonds. The van der Waals surface area contributed by atoms with Crippen LogP contribution in [0, 0.1) is 0 Å². The number of esters is 1. The van der Waals surface area contributed by atoms with Crippen molar-refractivity contribution in [2.24, 2.45) is 0 Å². The van der Waals surface area contributed by atoms with Gasteiger partial charge in [0.25, 0.3) is 0 Å². The summed E-state index contributed by atoms with van der Waals surface area (Å²) in [7, 11) is 1.42. The molecule has 26 heavy (non-hydrogen) atoms. The van der Waals surface area contributed by atoms with Crippen LogP contribution in [-0.2, 0) is 4.74 Å². The van der Waals surface area contributed by atoms with Crippen molar-refractivity contribution in [3.8, 4) is 0 Å². The van der Waals surface area contributed by atoms with E-state index < -0.39 is 21.1 Å². The summed E-state index contributed by atoms with van der Waals surface area (Å²) in [6, 6.07) is 0. The fourth-order valence-corrected chi connectivity index (χ4v) is 11.7. The van der Waals surface area contributed by atoms with Crippen LogP contribution in [0.15, 0.2) is 12.5 Å². The van der Waals surface area contributed by atoms with Crippen LogP contribution in [0.5, 0.6) is 0 Å². The number of unbranched alkanes of at least 4 members (excludes halogenated alkanes) is 3. The van der Waals surface area contributed by atoms with E-state index in [-0.39, 0.29) is 5.97 Å². The number of aromatic nitrogens is 2. The molecule has 0 bridgehead atoms. The summed E-state index contributed by atoms with van der Waals surface area (Å²) >= 11 is 1.01. The van der Waals surface area contributed by atoms with E-state index >= 15 is 0 Å². The first-order valence-corrected chi connectivity index (χ1v) is 13.6. The van der Waals surface area contributed by atoms with Gasteiger partial charge in [-0.1, -0.05) is 0 Å². The first-order chi connectivity index (χ1) is 12.6. The summed E-state index contributed by atoms with van der Waals surface area (Å²) in [5.74, 6) is -0.333. The molecule has 2 aromatic rings. The molecule has 0 aliphatic heterocycles. The van der Waals surface area contributed by atoms with Crippen molar-refractivity contribution in [1.29, 1.82) is 0 Å². The van der Waals surface area contributed by atoms with Crippen molar-refractivity contribution in [3.63, 3.8) is 0 Å². The number of nitrogens with zero attached hydrogens (tertiary/aromatic N) is 2. The Morgan fingerprint density at radius 1 is 1.15 bits per heavy atom. The number of fused-ring (bicyclic) bond motifs is 1. The summed E-state index contributed by atoms with van der Waals surface area (Å²) in [6.07, 6.45) is 16.0. The Morgan fingerprint density at radius 2 is 1.73 bits per heavy atom. The van der Waals surface area contributed by atoms with Gasteiger partial charge in [0.2, 0.25) is 0 Å². The molecular formula is C20H32N2O2SSn. The first-order valence-electron chi connectivity index (χ1n) is 9.92. The maximum atomic E-state index is 11.9. The zero-order valence-electron chi connectivity index (χ0n) is 16.6. The molecule has 2 rings (SSSR count). The fraction of sp³-hybridized carbons (Fsp3) is 0.700. The Kier molecular flexibility index (Phi) is 8.94. The molecule has 0 N–H and O–H groups in total. The summed E-state index contributed by atoms with van der Waals surface area (Å²) in [5.41, 5.74) is 0.462. The van der Waals surface area contributed by atoms with Crippen molar-refractivity contribution in [2.75, 3.05) is 7.11 Å². The summed E-state index contributed by atoms with van der Waals surface area (Å²) in [5, 5.41) is 0. The minimum absolute atomic E-state index is 0.333. The number of methoxy groups -OCH3 is 1. The summed E-state index contributed by atoms with van der Waals surface area (Å²) < 4.78 is 8.99. The number of thiazole rings is 1. The van der Waals surface area contributed by atoms with E-state index in [9.17, 15) is 4.79 Å². The van der Waals surface area contributed by atoms with E-state index in [0.29, 0.717) is 9.12 Å². The molecule has 0 aliphatic rings. The monoisotopic (exact) mass is 484 g/mol. The third kappa shape index (κ3) is 5.47. The maximum absolute atomic E-state index is 11.9. The Balaban J connectivity index is 2.28. The topological polar surface area (TPSA) is 43.6 Å². The predicted octanol–water partition coefficient (Wildman–Crippen LogP) is 5.24. The van der Waals surface area contributed by atoms with E-state index in [1.807, 2.05) is 4.40 Å². The molecule has 0 aliphatic carbocycles.